The van der Waals surface area contributed by atoms with Crippen LogP contribution in [0.1, 0.15) is 68.3 Å². The number of benzene rings is 2. The molecule has 1 fully saturated rings. The standard InChI is InChI=1S/C30H41N3O5S/c1-18-10-8-11-19(2)24(18)32-27(35)25(22-13-9-12-20(3)26(22)34)33(21-14-15-21)28(36)23(16-17-39-7)31-29(37)38-30(4,5)6/h8-13,21,23,25,34H,14-17H2,1-7H3,(H,31,37)(H,32,35). The number of carbonyl (C=O) groups excluding carboxylic acids is 3. The number of anilines is 1. The van der Waals surface area contributed by atoms with Gasteiger partial charge in [-0.05, 0) is 89.5 Å². The van der Waals surface area contributed by atoms with Crippen LogP contribution in [-0.2, 0) is 14.3 Å². The highest BCUT2D eigenvalue weighted by atomic mass is 32.2. The first-order chi connectivity index (χ1) is 18.3. The van der Waals surface area contributed by atoms with Crippen molar-refractivity contribution in [2.24, 2.45) is 0 Å². The predicted octanol–water partition coefficient (Wildman–Crippen LogP) is 5.63. The smallest absolute Gasteiger partial charge is 0.408 e. The van der Waals surface area contributed by atoms with Gasteiger partial charge in [0.2, 0.25) is 5.91 Å². The van der Waals surface area contributed by atoms with Crippen molar-refractivity contribution >= 4 is 35.4 Å². The Bertz CT molecular complexity index is 1190. The molecular formula is C30H41N3O5S. The van der Waals surface area contributed by atoms with E-state index in [1.165, 1.54) is 0 Å². The normalized spacial score (nSPS) is 14.7. The Morgan fingerprint density at radius 2 is 1.64 bits per heavy atom. The van der Waals surface area contributed by atoms with Gasteiger partial charge in [-0.2, -0.15) is 11.8 Å². The lowest BCUT2D eigenvalue weighted by atomic mass is 9.98. The summed E-state index contributed by atoms with van der Waals surface area (Å²) in [6.45, 7) is 10.9. The highest BCUT2D eigenvalue weighted by Gasteiger charge is 2.45. The van der Waals surface area contributed by atoms with Gasteiger partial charge in [0.1, 0.15) is 23.4 Å². The fourth-order valence-electron chi connectivity index (χ4n) is 4.52. The molecule has 212 valence electrons. The number of para-hydroxylation sites is 2. The zero-order valence-electron chi connectivity index (χ0n) is 24.0. The van der Waals surface area contributed by atoms with Crippen molar-refractivity contribution in [3.05, 3.63) is 58.7 Å². The number of phenolic OH excluding ortho intramolecular Hbond substituents is 1. The van der Waals surface area contributed by atoms with Crippen LogP contribution in [-0.4, -0.2) is 57.6 Å². The summed E-state index contributed by atoms with van der Waals surface area (Å²) in [6.07, 6.45) is 3.07. The van der Waals surface area contributed by atoms with E-state index in [1.54, 1.807) is 62.6 Å². The van der Waals surface area contributed by atoms with Crippen molar-refractivity contribution in [1.29, 1.82) is 0 Å². The van der Waals surface area contributed by atoms with Crippen molar-refractivity contribution < 1.29 is 24.2 Å². The van der Waals surface area contributed by atoms with E-state index in [4.69, 9.17) is 4.74 Å². The lowest BCUT2D eigenvalue weighted by molar-refractivity contribution is -0.141. The molecule has 3 N–H and O–H groups in total. The molecule has 1 aliphatic carbocycles. The Hall–Kier alpha value is -3.20. The molecule has 1 aliphatic rings. The number of carbonyl (C=O) groups is 3. The van der Waals surface area contributed by atoms with Gasteiger partial charge in [0.25, 0.3) is 5.91 Å². The van der Waals surface area contributed by atoms with E-state index in [1.807, 2.05) is 38.3 Å². The minimum Gasteiger partial charge on any atom is -0.507 e. The van der Waals surface area contributed by atoms with Crippen molar-refractivity contribution in [3.63, 3.8) is 0 Å². The van der Waals surface area contributed by atoms with Crippen molar-refractivity contribution in [2.75, 3.05) is 17.3 Å². The first kappa shape index (κ1) is 30.3. The fourth-order valence-corrected chi connectivity index (χ4v) is 4.99. The molecule has 8 nitrogen and oxygen atoms in total. The lowest BCUT2D eigenvalue weighted by Crippen LogP contribution is -2.53. The van der Waals surface area contributed by atoms with E-state index in [2.05, 4.69) is 10.6 Å². The number of hydrogen-bond acceptors (Lipinski definition) is 6. The van der Waals surface area contributed by atoms with E-state index in [-0.39, 0.29) is 17.7 Å². The van der Waals surface area contributed by atoms with Crippen LogP contribution < -0.4 is 10.6 Å². The quantitative estimate of drug-likeness (QED) is 0.350. The second-order valence-corrected chi connectivity index (χ2v) is 12.1. The first-order valence-corrected chi connectivity index (χ1v) is 14.7. The minimum atomic E-state index is -1.10. The van der Waals surface area contributed by atoms with Crippen LogP contribution in [0.5, 0.6) is 5.75 Å². The first-order valence-electron chi connectivity index (χ1n) is 13.3. The Labute approximate surface area is 235 Å². The third kappa shape index (κ3) is 7.91. The molecule has 0 spiro atoms. The Balaban J connectivity index is 2.05. The molecule has 1 saturated carbocycles. The SMILES string of the molecule is CSCCC(NC(=O)OC(C)(C)C)C(=O)N(C1CC1)C(C(=O)Nc1c(C)cccc1C)c1cccc(C)c1O. The molecule has 0 radical (unpaired) electrons. The summed E-state index contributed by atoms with van der Waals surface area (Å²) >= 11 is 1.56. The number of alkyl carbamates (subject to hydrolysis) is 1. The van der Waals surface area contributed by atoms with E-state index in [9.17, 15) is 19.5 Å². The Kier molecular flexibility index (Phi) is 9.93. The summed E-state index contributed by atoms with van der Waals surface area (Å²) in [5.41, 5.74) is 2.68. The van der Waals surface area contributed by atoms with Gasteiger partial charge in [-0.1, -0.05) is 36.4 Å². The van der Waals surface area contributed by atoms with Gasteiger partial charge in [0.05, 0.1) is 0 Å². The highest BCUT2D eigenvalue weighted by Crippen LogP contribution is 2.40. The maximum atomic E-state index is 14.2. The van der Waals surface area contributed by atoms with Crippen LogP contribution >= 0.6 is 11.8 Å². The third-order valence-electron chi connectivity index (χ3n) is 6.61. The van der Waals surface area contributed by atoms with Gasteiger partial charge in [-0.25, -0.2) is 4.79 Å². The fraction of sp³-hybridized carbons (Fsp3) is 0.500. The van der Waals surface area contributed by atoms with E-state index in [0.717, 1.165) is 24.0 Å². The average molecular weight is 556 g/mol. The number of aromatic hydroxyl groups is 1. The zero-order chi connectivity index (χ0) is 28.9. The number of amides is 3. The van der Waals surface area contributed by atoms with Crippen molar-refractivity contribution in [3.8, 4) is 5.75 Å². The number of nitrogens with one attached hydrogen (secondary N) is 2. The number of phenols is 1. The second-order valence-electron chi connectivity index (χ2n) is 11.1. The Morgan fingerprint density at radius 3 is 2.21 bits per heavy atom. The number of hydrogen-bond donors (Lipinski definition) is 3. The van der Waals surface area contributed by atoms with Gasteiger partial charge < -0.3 is 25.4 Å². The van der Waals surface area contributed by atoms with Crippen LogP contribution in [0.2, 0.25) is 0 Å². The summed E-state index contributed by atoms with van der Waals surface area (Å²) in [5.74, 6) is -0.201. The summed E-state index contributed by atoms with van der Waals surface area (Å²) in [4.78, 5) is 42.6. The van der Waals surface area contributed by atoms with Crippen LogP contribution in [0, 0.1) is 20.8 Å². The monoisotopic (exact) mass is 555 g/mol. The van der Waals surface area contributed by atoms with Crippen LogP contribution in [0.25, 0.3) is 0 Å². The highest BCUT2D eigenvalue weighted by molar-refractivity contribution is 7.98. The van der Waals surface area contributed by atoms with Gasteiger partial charge in [-0.15, -0.1) is 0 Å². The van der Waals surface area contributed by atoms with Gasteiger partial charge in [-0.3, -0.25) is 9.59 Å². The molecule has 2 aromatic carbocycles. The topological polar surface area (TPSA) is 108 Å². The minimum absolute atomic E-state index is 0.0293. The number of rotatable bonds is 10. The summed E-state index contributed by atoms with van der Waals surface area (Å²) < 4.78 is 5.44. The maximum Gasteiger partial charge on any atom is 0.408 e. The lowest BCUT2D eigenvalue weighted by Gasteiger charge is -2.35. The van der Waals surface area contributed by atoms with Gasteiger partial charge in [0.15, 0.2) is 0 Å². The number of ether oxygens (including phenoxy) is 1. The molecule has 0 bridgehead atoms. The third-order valence-corrected chi connectivity index (χ3v) is 7.26. The molecule has 0 aromatic heterocycles. The molecule has 2 atom stereocenters. The predicted molar refractivity (Wildman–Crippen MR) is 156 cm³/mol. The molecule has 2 unspecified atom stereocenters. The number of nitrogens with zero attached hydrogens (tertiary/aromatic N) is 1. The Morgan fingerprint density at radius 1 is 1.05 bits per heavy atom. The molecule has 2 aromatic rings. The van der Waals surface area contributed by atoms with E-state index >= 15 is 0 Å². The molecule has 3 amide bonds. The molecule has 3 rings (SSSR count). The van der Waals surface area contributed by atoms with Crippen LogP contribution in [0.3, 0.4) is 0 Å². The molecular weight excluding hydrogens is 514 g/mol. The van der Waals surface area contributed by atoms with E-state index < -0.39 is 29.7 Å². The van der Waals surface area contributed by atoms with Crippen LogP contribution in [0.4, 0.5) is 10.5 Å². The molecule has 0 aliphatic heterocycles. The van der Waals surface area contributed by atoms with Crippen molar-refractivity contribution in [2.45, 2.75) is 84.5 Å². The molecule has 0 heterocycles. The molecule has 39 heavy (non-hydrogen) atoms. The molecule has 9 heteroatoms. The van der Waals surface area contributed by atoms with Gasteiger partial charge >= 0.3 is 6.09 Å². The van der Waals surface area contributed by atoms with Gasteiger partial charge in [0, 0.05) is 17.3 Å². The van der Waals surface area contributed by atoms with Crippen LogP contribution in [0.15, 0.2) is 36.4 Å². The number of thioether (sulfide) groups is 1. The zero-order valence-corrected chi connectivity index (χ0v) is 24.8. The second kappa shape index (κ2) is 12.8. The average Bonchev–Trinajstić information content (AvgIpc) is 3.68. The summed E-state index contributed by atoms with van der Waals surface area (Å²) in [7, 11) is 0. The summed E-state index contributed by atoms with van der Waals surface area (Å²) in [5, 5.41) is 16.9. The number of aryl methyl sites for hydroxylation is 3. The molecule has 0 saturated heterocycles. The van der Waals surface area contributed by atoms with E-state index in [0.29, 0.717) is 29.0 Å². The largest absolute Gasteiger partial charge is 0.507 e. The maximum absolute atomic E-state index is 14.2. The summed E-state index contributed by atoms with van der Waals surface area (Å²) in [6, 6.07) is 8.77. The van der Waals surface area contributed by atoms with Crippen molar-refractivity contribution in [1.82, 2.24) is 10.2 Å².